The normalized spacial score (nSPS) is 20.2. The molecule has 0 unspecified atom stereocenters. The van der Waals surface area contributed by atoms with E-state index in [1.54, 1.807) is 18.1 Å². The van der Waals surface area contributed by atoms with Gasteiger partial charge in [-0.15, -0.1) is 0 Å². The van der Waals surface area contributed by atoms with Crippen LogP contribution in [0.2, 0.25) is 0 Å². The maximum atomic E-state index is 12.9. The molecule has 3 heterocycles. The number of nitrogens with zero attached hydrogens (tertiary/aromatic N) is 3. The Labute approximate surface area is 150 Å². The average molecular weight is 355 g/mol. The van der Waals surface area contributed by atoms with E-state index in [9.17, 15) is 9.90 Å². The molecule has 136 valence electrons. The fourth-order valence-corrected chi connectivity index (χ4v) is 3.51. The lowest BCUT2D eigenvalue weighted by atomic mass is 10.0. The zero-order chi connectivity index (χ0) is 18.4. The van der Waals surface area contributed by atoms with E-state index in [1.165, 1.54) is 0 Å². The Morgan fingerprint density at radius 2 is 2.08 bits per heavy atom. The van der Waals surface area contributed by atoms with Crippen molar-refractivity contribution >= 4 is 16.9 Å². The second-order valence-electron chi connectivity index (χ2n) is 7.00. The fraction of sp³-hybridized carbons (Fsp3) is 0.421. The number of furan rings is 1. The van der Waals surface area contributed by atoms with E-state index >= 15 is 0 Å². The van der Waals surface area contributed by atoms with Crippen molar-refractivity contribution in [1.82, 2.24) is 15.0 Å². The third kappa shape index (κ3) is 2.88. The molecule has 0 saturated carbocycles. The number of carbonyl (C=O) groups excluding carboxylic acids is 1. The van der Waals surface area contributed by atoms with E-state index in [-0.39, 0.29) is 24.9 Å². The summed E-state index contributed by atoms with van der Waals surface area (Å²) >= 11 is 0. The van der Waals surface area contributed by atoms with Crippen molar-refractivity contribution in [2.75, 3.05) is 6.54 Å². The summed E-state index contributed by atoms with van der Waals surface area (Å²) in [4.78, 5) is 18.8. The molecule has 1 saturated heterocycles. The molecule has 0 spiro atoms. The first-order valence-corrected chi connectivity index (χ1v) is 8.67. The monoisotopic (exact) mass is 355 g/mol. The molecule has 3 aromatic rings. The number of hydrogen-bond donors (Lipinski definition) is 1. The molecule has 1 aromatic carbocycles. The Hall–Kier alpha value is -2.67. The molecule has 2 aromatic heterocycles. The summed E-state index contributed by atoms with van der Waals surface area (Å²) in [5.74, 6) is 0.791. The van der Waals surface area contributed by atoms with Crippen LogP contribution in [0.1, 0.15) is 40.9 Å². The number of aryl methyl sites for hydroxylation is 3. The zero-order valence-electron chi connectivity index (χ0n) is 15.0. The number of β-amino-alcohol motifs (C(OH)–C–C–N with tert-alkyl or cyclic N) is 1. The van der Waals surface area contributed by atoms with Crippen molar-refractivity contribution < 1.29 is 18.8 Å². The quantitative estimate of drug-likeness (QED) is 0.776. The van der Waals surface area contributed by atoms with Crippen LogP contribution in [0.3, 0.4) is 0 Å². The molecule has 1 fully saturated rings. The lowest BCUT2D eigenvalue weighted by Gasteiger charge is -2.21. The van der Waals surface area contributed by atoms with Crippen molar-refractivity contribution in [3.05, 3.63) is 46.8 Å². The van der Waals surface area contributed by atoms with E-state index in [0.717, 1.165) is 27.7 Å². The van der Waals surface area contributed by atoms with Crippen LogP contribution in [0.25, 0.3) is 11.0 Å². The van der Waals surface area contributed by atoms with Crippen LogP contribution in [-0.2, 0) is 11.2 Å². The standard InChI is InChI=1S/C19H21N3O4/c1-10-4-15-13(9-25-17(15)5-11(10)2)6-18(24)22-8-14(23)7-16(22)19-20-12(3)21-26-19/h4-5,9,14,16,23H,6-8H2,1-3H3/t14-,16-/m1/s1. The number of aliphatic hydroxyl groups excluding tert-OH is 1. The van der Waals surface area contributed by atoms with Gasteiger partial charge in [0.25, 0.3) is 0 Å². The van der Waals surface area contributed by atoms with Gasteiger partial charge in [0.2, 0.25) is 11.8 Å². The number of rotatable bonds is 3. The van der Waals surface area contributed by atoms with Crippen molar-refractivity contribution in [3.8, 4) is 0 Å². The van der Waals surface area contributed by atoms with Crippen LogP contribution in [0.15, 0.2) is 27.3 Å². The first-order valence-electron chi connectivity index (χ1n) is 8.67. The maximum Gasteiger partial charge on any atom is 0.249 e. The summed E-state index contributed by atoms with van der Waals surface area (Å²) in [6, 6.07) is 3.65. The summed E-state index contributed by atoms with van der Waals surface area (Å²) in [6.07, 6.45) is 1.64. The van der Waals surface area contributed by atoms with Gasteiger partial charge in [0.15, 0.2) is 5.82 Å². The van der Waals surface area contributed by atoms with Gasteiger partial charge in [-0.2, -0.15) is 4.98 Å². The van der Waals surface area contributed by atoms with Gasteiger partial charge in [-0.1, -0.05) is 5.16 Å². The summed E-state index contributed by atoms with van der Waals surface area (Å²) in [5, 5.41) is 14.8. The van der Waals surface area contributed by atoms with Crippen LogP contribution in [0.4, 0.5) is 0 Å². The van der Waals surface area contributed by atoms with Crippen LogP contribution < -0.4 is 0 Å². The largest absolute Gasteiger partial charge is 0.464 e. The minimum Gasteiger partial charge on any atom is -0.464 e. The minimum atomic E-state index is -0.595. The van der Waals surface area contributed by atoms with Gasteiger partial charge in [-0.3, -0.25) is 4.79 Å². The summed E-state index contributed by atoms with van der Waals surface area (Å²) < 4.78 is 10.9. The molecule has 2 atom stereocenters. The second-order valence-corrected chi connectivity index (χ2v) is 7.00. The van der Waals surface area contributed by atoms with Crippen LogP contribution in [-0.4, -0.2) is 38.7 Å². The van der Waals surface area contributed by atoms with Gasteiger partial charge in [0.1, 0.15) is 11.6 Å². The first-order chi connectivity index (χ1) is 12.4. The molecule has 1 N–H and O–H groups in total. The Bertz CT molecular complexity index is 974. The van der Waals surface area contributed by atoms with Crippen molar-refractivity contribution in [1.29, 1.82) is 0 Å². The van der Waals surface area contributed by atoms with Gasteiger partial charge in [0.05, 0.1) is 18.8 Å². The lowest BCUT2D eigenvalue weighted by Crippen LogP contribution is -2.33. The smallest absolute Gasteiger partial charge is 0.249 e. The number of amides is 1. The van der Waals surface area contributed by atoms with Crippen LogP contribution >= 0.6 is 0 Å². The minimum absolute atomic E-state index is 0.0941. The number of aliphatic hydroxyl groups is 1. The molecule has 1 aliphatic rings. The molecule has 1 amide bonds. The summed E-state index contributed by atoms with van der Waals surface area (Å²) in [5.41, 5.74) is 3.93. The van der Waals surface area contributed by atoms with E-state index in [2.05, 4.69) is 16.2 Å². The molecule has 7 heteroatoms. The van der Waals surface area contributed by atoms with Crippen molar-refractivity contribution in [2.24, 2.45) is 0 Å². The number of hydrogen-bond acceptors (Lipinski definition) is 6. The third-order valence-electron chi connectivity index (χ3n) is 5.04. The van der Waals surface area contributed by atoms with Gasteiger partial charge < -0.3 is 18.9 Å². The van der Waals surface area contributed by atoms with E-state index in [1.807, 2.05) is 19.9 Å². The molecule has 1 aliphatic heterocycles. The molecule has 26 heavy (non-hydrogen) atoms. The Morgan fingerprint density at radius 1 is 1.31 bits per heavy atom. The van der Waals surface area contributed by atoms with Crippen molar-refractivity contribution in [3.63, 3.8) is 0 Å². The van der Waals surface area contributed by atoms with Crippen LogP contribution in [0.5, 0.6) is 0 Å². The van der Waals surface area contributed by atoms with Gasteiger partial charge >= 0.3 is 0 Å². The first kappa shape index (κ1) is 16.8. The molecule has 0 bridgehead atoms. The maximum absolute atomic E-state index is 12.9. The topological polar surface area (TPSA) is 92.6 Å². The predicted molar refractivity (Wildman–Crippen MR) is 93.5 cm³/mol. The second kappa shape index (κ2) is 6.25. The predicted octanol–water partition coefficient (Wildman–Crippen LogP) is 2.62. The number of carbonyl (C=O) groups is 1. The van der Waals surface area contributed by atoms with Gasteiger partial charge in [-0.05, 0) is 44.0 Å². The van der Waals surface area contributed by atoms with E-state index in [4.69, 9.17) is 8.94 Å². The highest BCUT2D eigenvalue weighted by Gasteiger charge is 2.38. The molecule has 4 rings (SSSR count). The van der Waals surface area contributed by atoms with Gasteiger partial charge in [0, 0.05) is 23.9 Å². The summed E-state index contributed by atoms with van der Waals surface area (Å²) in [6.45, 7) is 6.06. The highest BCUT2D eigenvalue weighted by atomic mass is 16.5. The summed E-state index contributed by atoms with van der Waals surface area (Å²) in [7, 11) is 0. The van der Waals surface area contributed by atoms with Crippen LogP contribution in [0, 0.1) is 20.8 Å². The van der Waals surface area contributed by atoms with E-state index < -0.39 is 6.10 Å². The Balaban J connectivity index is 1.60. The number of benzene rings is 1. The molecule has 0 aliphatic carbocycles. The number of aromatic nitrogens is 2. The molecular weight excluding hydrogens is 334 g/mol. The average Bonchev–Trinajstić information content (AvgIpc) is 3.28. The zero-order valence-corrected chi connectivity index (χ0v) is 15.0. The number of fused-ring (bicyclic) bond motifs is 1. The van der Waals surface area contributed by atoms with Crippen molar-refractivity contribution in [2.45, 2.75) is 45.8 Å². The highest BCUT2D eigenvalue weighted by Crippen LogP contribution is 2.33. The Morgan fingerprint density at radius 3 is 2.81 bits per heavy atom. The highest BCUT2D eigenvalue weighted by molar-refractivity contribution is 5.88. The molecular formula is C19H21N3O4. The van der Waals surface area contributed by atoms with Gasteiger partial charge in [-0.25, -0.2) is 0 Å². The molecule has 0 radical (unpaired) electrons. The number of likely N-dealkylation sites (tertiary alicyclic amines) is 1. The fourth-order valence-electron chi connectivity index (χ4n) is 3.51. The SMILES string of the molecule is Cc1noc([C@H]2C[C@@H](O)CN2C(=O)Cc2coc3cc(C)c(C)cc23)n1. The third-order valence-corrected chi connectivity index (χ3v) is 5.04. The Kier molecular flexibility index (Phi) is 4.03. The lowest BCUT2D eigenvalue weighted by molar-refractivity contribution is -0.132. The van der Waals surface area contributed by atoms with E-state index in [0.29, 0.717) is 18.1 Å². The molecule has 7 nitrogen and oxygen atoms in total.